The van der Waals surface area contributed by atoms with Crippen LogP contribution in [0, 0.1) is 11.2 Å². The van der Waals surface area contributed by atoms with Gasteiger partial charge in [-0.05, 0) is 30.0 Å². The Balaban J connectivity index is 2.37. The summed E-state index contributed by atoms with van der Waals surface area (Å²) in [6.07, 6.45) is 0.854. The first-order chi connectivity index (χ1) is 8.78. The zero-order valence-corrected chi connectivity index (χ0v) is 11.6. The van der Waals surface area contributed by atoms with Crippen molar-refractivity contribution >= 4 is 17.3 Å². The first-order valence-electron chi connectivity index (χ1n) is 6.20. The third kappa shape index (κ3) is 6.20. The van der Waals surface area contributed by atoms with Crippen LogP contribution in [0.5, 0.6) is 0 Å². The van der Waals surface area contributed by atoms with Crippen molar-refractivity contribution in [1.29, 1.82) is 0 Å². The number of ether oxygens (including phenoxy) is 1. The molecule has 0 aliphatic heterocycles. The van der Waals surface area contributed by atoms with Crippen LogP contribution in [-0.4, -0.2) is 19.1 Å². The Morgan fingerprint density at radius 1 is 1.42 bits per heavy atom. The van der Waals surface area contributed by atoms with Gasteiger partial charge in [-0.3, -0.25) is 4.79 Å². The summed E-state index contributed by atoms with van der Waals surface area (Å²) < 4.78 is 18.6. The second kappa shape index (κ2) is 6.52. The highest BCUT2D eigenvalue weighted by Gasteiger charge is 2.11. The molecule has 0 radical (unpaired) electrons. The summed E-state index contributed by atoms with van der Waals surface area (Å²) in [6.45, 7) is 6.69. The highest BCUT2D eigenvalue weighted by Crippen LogP contribution is 2.18. The van der Waals surface area contributed by atoms with E-state index in [2.05, 4.69) is 26.1 Å². The van der Waals surface area contributed by atoms with Crippen molar-refractivity contribution in [3.8, 4) is 0 Å². The van der Waals surface area contributed by atoms with Crippen LogP contribution in [0.15, 0.2) is 18.2 Å². The molecule has 0 saturated carbocycles. The number of halogens is 1. The van der Waals surface area contributed by atoms with Gasteiger partial charge in [-0.25, -0.2) is 4.39 Å². The van der Waals surface area contributed by atoms with E-state index < -0.39 is 11.7 Å². The lowest BCUT2D eigenvalue weighted by Crippen LogP contribution is -2.20. The third-order valence-electron chi connectivity index (χ3n) is 2.49. The van der Waals surface area contributed by atoms with E-state index in [4.69, 9.17) is 10.5 Å². The summed E-state index contributed by atoms with van der Waals surface area (Å²) in [7, 11) is 0. The van der Waals surface area contributed by atoms with Crippen LogP contribution in [0.3, 0.4) is 0 Å². The lowest BCUT2D eigenvalue weighted by atomic mass is 9.93. The second-order valence-electron chi connectivity index (χ2n) is 5.65. The number of nitrogens with two attached hydrogens (primary N) is 1. The molecule has 1 aromatic carbocycles. The van der Waals surface area contributed by atoms with E-state index in [9.17, 15) is 9.18 Å². The molecule has 1 aromatic rings. The fraction of sp³-hybridized carbons (Fsp3) is 0.500. The van der Waals surface area contributed by atoms with E-state index in [1.165, 1.54) is 18.2 Å². The third-order valence-corrected chi connectivity index (χ3v) is 2.49. The lowest BCUT2D eigenvalue weighted by molar-refractivity contribution is -0.120. The molecule has 0 spiro atoms. The number of rotatable bonds is 5. The number of nitrogens with one attached hydrogen (secondary N) is 1. The van der Waals surface area contributed by atoms with Crippen molar-refractivity contribution in [3.63, 3.8) is 0 Å². The standard InChI is InChI=1S/C14H21FN2O2/c1-14(2,3)6-7-19-9-13(18)17-12-8-10(16)4-5-11(12)15/h4-5,8H,6-7,9,16H2,1-3H3,(H,17,18). The summed E-state index contributed by atoms with van der Waals surface area (Å²) in [4.78, 5) is 11.6. The first kappa shape index (κ1) is 15.4. The molecule has 1 rings (SSSR count). The summed E-state index contributed by atoms with van der Waals surface area (Å²) in [5.74, 6) is -0.907. The zero-order valence-electron chi connectivity index (χ0n) is 11.6. The molecular weight excluding hydrogens is 247 g/mol. The summed E-state index contributed by atoms with van der Waals surface area (Å²) >= 11 is 0. The average Bonchev–Trinajstić information content (AvgIpc) is 2.28. The minimum absolute atomic E-state index is 0.0735. The molecule has 0 heterocycles. The smallest absolute Gasteiger partial charge is 0.250 e. The van der Waals surface area contributed by atoms with Crippen molar-refractivity contribution < 1.29 is 13.9 Å². The van der Waals surface area contributed by atoms with Crippen LogP contribution in [-0.2, 0) is 9.53 Å². The van der Waals surface area contributed by atoms with E-state index in [-0.39, 0.29) is 17.7 Å². The lowest BCUT2D eigenvalue weighted by Gasteiger charge is -2.17. The summed E-state index contributed by atoms with van der Waals surface area (Å²) in [5, 5.41) is 2.43. The van der Waals surface area contributed by atoms with Crippen LogP contribution in [0.4, 0.5) is 15.8 Å². The normalized spacial score (nSPS) is 11.4. The van der Waals surface area contributed by atoms with Gasteiger partial charge in [0.05, 0.1) is 5.69 Å². The monoisotopic (exact) mass is 268 g/mol. The van der Waals surface area contributed by atoms with E-state index in [1.54, 1.807) is 0 Å². The number of anilines is 2. The Bertz CT molecular complexity index is 442. The minimum Gasteiger partial charge on any atom is -0.399 e. The van der Waals surface area contributed by atoms with E-state index in [0.29, 0.717) is 12.3 Å². The molecule has 0 unspecified atom stereocenters. The van der Waals surface area contributed by atoms with Gasteiger partial charge in [0.25, 0.3) is 0 Å². The van der Waals surface area contributed by atoms with Gasteiger partial charge in [-0.15, -0.1) is 0 Å². The quantitative estimate of drug-likeness (QED) is 0.637. The van der Waals surface area contributed by atoms with Gasteiger partial charge >= 0.3 is 0 Å². The van der Waals surface area contributed by atoms with E-state index >= 15 is 0 Å². The molecule has 1 amide bonds. The molecule has 0 aromatic heterocycles. The van der Waals surface area contributed by atoms with Crippen LogP contribution < -0.4 is 11.1 Å². The molecule has 0 aliphatic carbocycles. The number of carbonyl (C=O) groups excluding carboxylic acids is 1. The summed E-state index contributed by atoms with van der Waals surface area (Å²) in [6, 6.07) is 4.03. The highest BCUT2D eigenvalue weighted by molar-refractivity contribution is 5.92. The van der Waals surface area contributed by atoms with Crippen LogP contribution in [0.25, 0.3) is 0 Å². The van der Waals surface area contributed by atoms with Crippen LogP contribution in [0.2, 0.25) is 0 Å². The molecule has 0 saturated heterocycles. The maximum Gasteiger partial charge on any atom is 0.250 e. The van der Waals surface area contributed by atoms with Gasteiger partial charge in [0.1, 0.15) is 12.4 Å². The maximum absolute atomic E-state index is 13.4. The molecular formula is C14H21FN2O2. The molecule has 19 heavy (non-hydrogen) atoms. The zero-order chi connectivity index (χ0) is 14.5. The molecule has 106 valence electrons. The molecule has 0 aliphatic rings. The Labute approximate surface area is 113 Å². The fourth-order valence-electron chi connectivity index (χ4n) is 1.37. The van der Waals surface area contributed by atoms with Crippen LogP contribution >= 0.6 is 0 Å². The van der Waals surface area contributed by atoms with Gasteiger partial charge in [-0.2, -0.15) is 0 Å². The number of amides is 1. The molecule has 0 bridgehead atoms. The topological polar surface area (TPSA) is 64.3 Å². The molecule has 0 atom stereocenters. The largest absolute Gasteiger partial charge is 0.399 e. The minimum atomic E-state index is -0.516. The van der Waals surface area contributed by atoms with Crippen molar-refractivity contribution in [1.82, 2.24) is 0 Å². The highest BCUT2D eigenvalue weighted by atomic mass is 19.1. The van der Waals surface area contributed by atoms with Gasteiger partial charge in [0.15, 0.2) is 0 Å². The Morgan fingerprint density at radius 3 is 2.74 bits per heavy atom. The Kier molecular flexibility index (Phi) is 5.30. The average molecular weight is 268 g/mol. The predicted molar refractivity (Wildman–Crippen MR) is 74.3 cm³/mol. The SMILES string of the molecule is CC(C)(C)CCOCC(=O)Nc1cc(N)ccc1F. The molecule has 4 nitrogen and oxygen atoms in total. The fourth-order valence-corrected chi connectivity index (χ4v) is 1.37. The molecule has 5 heteroatoms. The Morgan fingerprint density at radius 2 is 2.11 bits per heavy atom. The number of carbonyl (C=O) groups is 1. The number of hydrogen-bond acceptors (Lipinski definition) is 3. The van der Waals surface area contributed by atoms with Crippen molar-refractivity contribution in [3.05, 3.63) is 24.0 Å². The Hall–Kier alpha value is -1.62. The van der Waals surface area contributed by atoms with Crippen molar-refractivity contribution in [2.75, 3.05) is 24.3 Å². The maximum atomic E-state index is 13.4. The van der Waals surface area contributed by atoms with Gasteiger partial charge in [-0.1, -0.05) is 20.8 Å². The number of nitrogen functional groups attached to an aromatic ring is 1. The van der Waals surface area contributed by atoms with Crippen molar-refractivity contribution in [2.24, 2.45) is 5.41 Å². The number of benzene rings is 1. The van der Waals surface area contributed by atoms with Crippen LogP contribution in [0.1, 0.15) is 27.2 Å². The van der Waals surface area contributed by atoms with Crippen molar-refractivity contribution in [2.45, 2.75) is 27.2 Å². The number of hydrogen-bond donors (Lipinski definition) is 2. The molecule has 0 fully saturated rings. The summed E-state index contributed by atoms with van der Waals surface area (Å²) in [5.41, 5.74) is 6.15. The van der Waals surface area contributed by atoms with Gasteiger partial charge in [0.2, 0.25) is 5.91 Å². The van der Waals surface area contributed by atoms with Gasteiger partial charge < -0.3 is 15.8 Å². The van der Waals surface area contributed by atoms with E-state index in [1.807, 2.05) is 0 Å². The van der Waals surface area contributed by atoms with E-state index in [0.717, 1.165) is 6.42 Å². The molecule has 3 N–H and O–H groups in total. The second-order valence-corrected chi connectivity index (χ2v) is 5.65. The first-order valence-corrected chi connectivity index (χ1v) is 6.20. The van der Waals surface area contributed by atoms with Gasteiger partial charge in [0, 0.05) is 12.3 Å². The predicted octanol–water partition coefficient (Wildman–Crippen LogP) is 2.80.